The van der Waals surface area contributed by atoms with Crippen LogP contribution in [0.2, 0.25) is 15.1 Å². The fraction of sp³-hybridized carbons (Fsp3) is 0.382. The number of imidazole rings is 2. The van der Waals surface area contributed by atoms with E-state index in [1.165, 1.54) is 41.0 Å². The molecule has 6 aliphatic rings. The van der Waals surface area contributed by atoms with Crippen molar-refractivity contribution in [1.82, 2.24) is 42.0 Å². The van der Waals surface area contributed by atoms with Crippen molar-refractivity contribution in [2.75, 3.05) is 70.9 Å². The summed E-state index contributed by atoms with van der Waals surface area (Å²) in [7, 11) is -13.1. The molecule has 2 aliphatic carbocycles. The zero-order chi connectivity index (χ0) is 71.9. The molecule has 1 atom stereocenters. The van der Waals surface area contributed by atoms with Crippen LogP contribution in [0.15, 0.2) is 170 Å². The Kier molecular flexibility index (Phi) is 23.9. The van der Waals surface area contributed by atoms with Gasteiger partial charge in [-0.05, 0) is 194 Å². The Balaban J connectivity index is 0.000000144. The van der Waals surface area contributed by atoms with Crippen LogP contribution < -0.4 is 0 Å². The van der Waals surface area contributed by atoms with Crippen LogP contribution in [0.3, 0.4) is 0 Å². The fourth-order valence-electron chi connectivity index (χ4n) is 15.3. The summed E-state index contributed by atoms with van der Waals surface area (Å²) in [5.41, 5.74) is 15.5. The van der Waals surface area contributed by atoms with E-state index in [-0.39, 0.29) is 30.3 Å². The monoisotopic (exact) mass is 1510 g/mol. The number of hydrogen-bond donors (Lipinski definition) is 0. The number of hydrogen-bond acceptors (Lipinski definition) is 13. The van der Waals surface area contributed by atoms with Crippen LogP contribution in [0, 0.1) is 11.8 Å². The minimum absolute atomic E-state index is 0.00574. The minimum atomic E-state index is -3.49. The zero-order valence-corrected chi connectivity index (χ0v) is 63.2. The zero-order valence-electron chi connectivity index (χ0n) is 57.7. The summed E-state index contributed by atoms with van der Waals surface area (Å²) in [6, 6.07) is 28.5. The number of halogens is 3. The van der Waals surface area contributed by atoms with Gasteiger partial charge in [0.25, 0.3) is 10.1 Å². The number of allylic oxidation sites excluding steroid dienone is 6. The second-order valence-corrected chi connectivity index (χ2v) is 36.0. The first-order chi connectivity index (χ1) is 48.8. The van der Waals surface area contributed by atoms with Gasteiger partial charge in [0.2, 0.25) is 30.1 Å². The van der Waals surface area contributed by atoms with E-state index in [0.29, 0.717) is 67.2 Å². The summed E-state index contributed by atoms with van der Waals surface area (Å²) in [6.07, 6.45) is 39.6. The SMILES string of the molecule is CS(=O)(=O)N1CCC(C2=C3[N-]C=CC=C3C=C(CCCn3ccnc3)c3cc(Cl)ccc32)CC1.CS(=O)(=O)N1CCC(c2c3ncccc3cc(CCCn3ccnc3)[c+]3cc(Cl)ccc23)CC1.CS(=O)(=O)OCCCC1=Cc2cccnc2C(C2CCN(S(C)(=O)=O)CC2)c2ccc(Cl)cc21. The summed E-state index contributed by atoms with van der Waals surface area (Å²) >= 11 is 19.4. The molecule has 1 unspecified atom stereocenters. The van der Waals surface area contributed by atoms with Gasteiger partial charge in [-0.2, -0.15) is 14.6 Å². The van der Waals surface area contributed by atoms with Crippen molar-refractivity contribution < 1.29 is 37.9 Å². The first kappa shape index (κ1) is 74.7. The predicted molar refractivity (Wildman–Crippen MR) is 410 cm³/mol. The number of fused-ring (bicyclic) bond motifs is 6. The van der Waals surface area contributed by atoms with Crippen LogP contribution in [0.4, 0.5) is 0 Å². The predicted octanol–water partition coefficient (Wildman–Crippen LogP) is 15.1. The maximum absolute atomic E-state index is 12.1. The van der Waals surface area contributed by atoms with Crippen molar-refractivity contribution in [1.29, 1.82) is 0 Å². The molecular weight excluding hydrogens is 1430 g/mol. The Bertz CT molecular complexity index is 5030. The third-order valence-electron chi connectivity index (χ3n) is 20.1. The maximum Gasteiger partial charge on any atom is 0.264 e. The molecule has 3 saturated heterocycles. The Hall–Kier alpha value is -7.00. The van der Waals surface area contributed by atoms with E-state index >= 15 is 0 Å². The van der Waals surface area contributed by atoms with Crippen LogP contribution in [-0.2, 0) is 63.9 Å². The van der Waals surface area contributed by atoms with Crippen molar-refractivity contribution in [3.8, 4) is 0 Å². The normalized spacial score (nSPS) is 18.2. The summed E-state index contributed by atoms with van der Waals surface area (Å²) in [5, 5.41) is 10.3. The number of rotatable bonds is 19. The molecule has 4 aromatic carbocycles. The smallest absolute Gasteiger partial charge is 0.264 e. The van der Waals surface area contributed by atoms with Gasteiger partial charge in [-0.25, -0.2) is 53.1 Å². The second kappa shape index (κ2) is 32.6. The standard InChI is InChI=1S/2C26H28ClN4O2S.C24H29ClN2O5S2/c2*1-34(32,33)31-13-8-19(9-14-31)25-23-7-6-22(27)17-24(23)20(5-3-12-30-15-11-28-18-30)16-21-4-2-10-29-26(21)25;1-33(28,29)27-12-9-17(10-13-27)23-21-8-7-20(25)16-22(21)18(6-4-14-32-34(2,30)31)15-19-5-3-11-26-24(19)23/h2*2,4,6-7,10-11,15-19H,3,5,8-9,12-14H2,1H3;3,5,7-8,11,15-17,23H,4,6,9-10,12-14H2,1-2H3/q-1;+1;. The fourth-order valence-corrected chi connectivity index (χ4v) is 18.8. The minimum Gasteiger partial charge on any atom is -0.663 e. The van der Waals surface area contributed by atoms with E-state index in [9.17, 15) is 33.7 Å². The molecule has 0 spiro atoms. The number of benzene rings is 3. The number of piperidine rings is 3. The van der Waals surface area contributed by atoms with Crippen LogP contribution in [0.25, 0.3) is 49.8 Å². The largest absolute Gasteiger partial charge is 0.663 e. The van der Waals surface area contributed by atoms with Crippen molar-refractivity contribution in [2.45, 2.75) is 102 Å². The first-order valence-corrected chi connectivity index (χ1v) is 43.0. The van der Waals surface area contributed by atoms with Crippen molar-refractivity contribution in [3.05, 3.63) is 235 Å². The number of aryl methyl sites for hydroxylation is 3. The molecule has 26 heteroatoms. The highest BCUT2D eigenvalue weighted by molar-refractivity contribution is 7.88. The molecule has 0 N–H and O–H groups in total. The summed E-state index contributed by atoms with van der Waals surface area (Å²) < 4.78 is 109. The van der Waals surface area contributed by atoms with Crippen LogP contribution in [0.1, 0.15) is 127 Å². The van der Waals surface area contributed by atoms with E-state index in [2.05, 4.69) is 79.8 Å². The molecule has 14 rings (SSSR count). The molecule has 4 aromatic heterocycles. The van der Waals surface area contributed by atoms with Gasteiger partial charge in [0.1, 0.15) is 10.5 Å². The maximum atomic E-state index is 12.1. The lowest BCUT2D eigenvalue weighted by Gasteiger charge is -2.37. The van der Waals surface area contributed by atoms with E-state index in [1.54, 1.807) is 31.5 Å². The summed E-state index contributed by atoms with van der Waals surface area (Å²) in [6.45, 7) is 5.02. The Morgan fingerprint density at radius 1 is 0.588 bits per heavy atom. The van der Waals surface area contributed by atoms with Gasteiger partial charge in [0.15, 0.2) is 0 Å². The highest BCUT2D eigenvalue weighted by Crippen LogP contribution is 2.49. The average molecular weight is 1520 g/mol. The molecule has 538 valence electrons. The number of sulfonamides is 3. The van der Waals surface area contributed by atoms with Crippen LogP contribution >= 0.6 is 34.8 Å². The van der Waals surface area contributed by atoms with Crippen molar-refractivity contribution >= 4 is 119 Å². The van der Waals surface area contributed by atoms with Gasteiger partial charge in [-0.3, -0.25) is 9.17 Å². The lowest BCUT2D eigenvalue weighted by molar-refractivity contribution is 0.256. The Morgan fingerprint density at radius 3 is 1.80 bits per heavy atom. The second-order valence-electron chi connectivity index (χ2n) is 27.1. The molecule has 0 radical (unpaired) electrons. The molecule has 4 aliphatic heterocycles. The van der Waals surface area contributed by atoms with Crippen molar-refractivity contribution in [3.63, 3.8) is 0 Å². The van der Waals surface area contributed by atoms with E-state index in [1.807, 2.05) is 86.0 Å². The van der Waals surface area contributed by atoms with Gasteiger partial charge in [-0.15, -0.1) is 5.70 Å². The van der Waals surface area contributed by atoms with Crippen molar-refractivity contribution in [2.24, 2.45) is 11.8 Å². The molecule has 102 heavy (non-hydrogen) atoms. The molecular formula is C76H85Cl3N10O9S4. The topological polar surface area (TPSA) is 231 Å². The molecule has 0 amide bonds. The summed E-state index contributed by atoms with van der Waals surface area (Å²) in [5.74, 6) is 0.689. The quantitative estimate of drug-likeness (QED) is 0.0417. The van der Waals surface area contributed by atoms with Crippen LogP contribution in [-0.4, -0.2) is 147 Å². The Labute approximate surface area is 615 Å². The van der Waals surface area contributed by atoms with E-state index < -0.39 is 40.2 Å². The molecule has 8 heterocycles. The van der Waals surface area contributed by atoms with Gasteiger partial charge in [0.05, 0.1) is 66.3 Å². The van der Waals surface area contributed by atoms with Crippen LogP contribution in [0.5, 0.6) is 0 Å². The Morgan fingerprint density at radius 2 is 1.17 bits per heavy atom. The summed E-state index contributed by atoms with van der Waals surface area (Å²) in [4.78, 5) is 17.9. The third kappa shape index (κ3) is 18.4. The number of nitrogens with zero attached hydrogens (tertiary/aromatic N) is 10. The highest BCUT2D eigenvalue weighted by atomic mass is 35.5. The molecule has 19 nitrogen and oxygen atoms in total. The van der Waals surface area contributed by atoms with Gasteiger partial charge in [0, 0.05) is 147 Å². The number of aromatic nitrogens is 6. The van der Waals surface area contributed by atoms with Gasteiger partial charge >= 0.3 is 0 Å². The van der Waals surface area contributed by atoms with Gasteiger partial charge < -0.3 is 14.5 Å². The molecule has 8 aromatic rings. The lowest BCUT2D eigenvalue weighted by Crippen LogP contribution is -2.39. The number of pyridine rings is 2. The average Bonchev–Trinajstić information content (AvgIpc) is 1.58. The first-order valence-electron chi connectivity index (χ1n) is 34.6. The molecule has 3 fully saturated rings. The molecule has 0 saturated carbocycles. The lowest BCUT2D eigenvalue weighted by atomic mass is 9.76. The van der Waals surface area contributed by atoms with E-state index in [4.69, 9.17) is 54.3 Å². The highest BCUT2D eigenvalue weighted by Gasteiger charge is 2.37. The van der Waals surface area contributed by atoms with E-state index in [0.717, 1.165) is 156 Å². The molecule has 0 bridgehead atoms. The van der Waals surface area contributed by atoms with Gasteiger partial charge in [-0.1, -0.05) is 65.2 Å². The third-order valence-corrected chi connectivity index (χ3v) is 25.3.